The van der Waals surface area contributed by atoms with Gasteiger partial charge in [-0.05, 0) is 108 Å². The summed E-state index contributed by atoms with van der Waals surface area (Å²) in [6.45, 7) is 15.2. The lowest BCUT2D eigenvalue weighted by Crippen LogP contribution is -2.84. The van der Waals surface area contributed by atoms with E-state index in [-0.39, 0.29) is 37.9 Å². The fraction of sp³-hybridized carbons (Fsp3) is 0.800. The molecule has 0 aromatic rings. The number of carbonyl (C=O) groups is 16. The van der Waals surface area contributed by atoms with Crippen molar-refractivity contribution in [2.24, 2.45) is 28.1 Å². The quantitative estimate of drug-likeness (QED) is 0.0310. The number of carbonyl (C=O) groups excluding carboxylic acids is 16. The van der Waals surface area contributed by atoms with Crippen LogP contribution < -0.4 is 0 Å². The number of hydrogen-bond donors (Lipinski definition) is 0. The third-order valence-corrected chi connectivity index (χ3v) is 18.8. The van der Waals surface area contributed by atoms with E-state index in [0.717, 1.165) is 0 Å². The molecule has 0 aromatic carbocycles. The second-order valence-electron chi connectivity index (χ2n) is 31.3. The van der Waals surface area contributed by atoms with Gasteiger partial charge < -0.3 is 75.8 Å². The number of ether oxygens (including phenoxy) is 16. The van der Waals surface area contributed by atoms with Crippen LogP contribution >= 0.6 is 0 Å². The normalized spacial score (nSPS) is 17.4. The van der Waals surface area contributed by atoms with Gasteiger partial charge in [0, 0.05) is 19.3 Å². The Morgan fingerprint density at radius 1 is 0.239 bits per heavy atom. The molecule has 0 radical (unpaired) electrons. The summed E-state index contributed by atoms with van der Waals surface area (Å²) in [5.74, 6) is -92.5. The molecule has 58 heteroatoms. The summed E-state index contributed by atoms with van der Waals surface area (Å²) in [6, 6.07) is 0. The Balaban J connectivity index is -0.000000792. The molecule has 0 aromatic heterocycles. The van der Waals surface area contributed by atoms with E-state index >= 15 is 0 Å². The second-order valence-corrected chi connectivity index (χ2v) is 31.3. The van der Waals surface area contributed by atoms with Gasteiger partial charge in [-0.2, -0.15) is 87.8 Å². The maximum atomic E-state index is 14.3. The average molecular weight is 2080 g/mol. The van der Waals surface area contributed by atoms with Crippen molar-refractivity contribution in [3.8, 4) is 0 Å². The van der Waals surface area contributed by atoms with Gasteiger partial charge in [0.25, 0.3) is 11.3 Å². The van der Waals surface area contributed by atoms with E-state index < -0.39 is 312 Å². The van der Waals surface area contributed by atoms with Crippen molar-refractivity contribution in [3.63, 3.8) is 0 Å². The van der Waals surface area contributed by atoms with E-state index in [2.05, 4.69) is 66.3 Å². The lowest BCUT2D eigenvalue weighted by Gasteiger charge is -2.52. The second kappa shape index (κ2) is 56.2. The molecule has 2 atom stereocenters. The van der Waals surface area contributed by atoms with Gasteiger partial charge in [-0.15, -0.1) is 0 Å². The van der Waals surface area contributed by atoms with E-state index in [1.165, 1.54) is 13.8 Å². The number of halogens is 26. The van der Waals surface area contributed by atoms with Crippen LogP contribution in [0.3, 0.4) is 0 Å². The van der Waals surface area contributed by atoms with E-state index in [4.69, 9.17) is 9.47 Å². The molecule has 2 aliphatic rings. The van der Waals surface area contributed by atoms with Gasteiger partial charge in [0.15, 0.2) is 52.9 Å². The van der Waals surface area contributed by atoms with E-state index in [1.54, 1.807) is 83.1 Å². The maximum Gasteiger partial charge on any atom is 0.384 e. The highest BCUT2D eigenvalue weighted by atomic mass is 19.4. The van der Waals surface area contributed by atoms with Crippen molar-refractivity contribution in [2.45, 2.75) is 278 Å². The van der Waals surface area contributed by atoms with E-state index in [9.17, 15) is 191 Å². The Labute approximate surface area is 771 Å². The smallest absolute Gasteiger partial charge is 0.384 e. The lowest BCUT2D eigenvalue weighted by molar-refractivity contribution is -0.487. The van der Waals surface area contributed by atoms with E-state index in [1.807, 2.05) is 13.8 Å². The first-order valence-corrected chi connectivity index (χ1v) is 40.9. The zero-order valence-electron chi connectivity index (χ0n) is 77.6. The molecule has 804 valence electrons. The monoisotopic (exact) mass is 2080 g/mol. The van der Waals surface area contributed by atoms with Crippen molar-refractivity contribution in [3.05, 3.63) is 0 Å². The molecule has 0 aliphatic heterocycles. The van der Waals surface area contributed by atoms with Crippen molar-refractivity contribution >= 4 is 95.5 Å². The largest absolute Gasteiger partial charge is 0.465 e. The summed E-state index contributed by atoms with van der Waals surface area (Å²) in [7, 11) is 0. The lowest BCUT2D eigenvalue weighted by atomic mass is 9.72. The zero-order chi connectivity index (χ0) is 109. The maximum absolute atomic E-state index is 14.3. The number of hydrogen-bond acceptors (Lipinski definition) is 32. The topological polar surface area (TPSA) is 421 Å². The van der Waals surface area contributed by atoms with Gasteiger partial charge >= 0.3 is 155 Å². The summed E-state index contributed by atoms with van der Waals surface area (Å²) in [4.78, 5) is 179. The SMILES string of the molecule is CCC(C)(C)C(=O)OCC(=O)OCC(=O)OCCC(C)(F)F.CCC(C)(C)C(=O)OCCC(=O)OCC1(F)C(F)(F)C(F)(F)C(F)(F)C(F)(F)C1(F)F.CCC(C)C(=O)OCC(=O)OCC(=O)OCCC(C)(F)F.CCCC(=O)OCCC(=O)OCC1(F)C(F)(F)C(F)(F)C(F)(F)C(F)(F)C1(F)F.CCOC(=O)COC(=O)COC(=O)C(C)(C)CC.CCOC(=O)COC(=O)COC(=O)C(C)CC. The molecule has 2 rings (SSSR count). The Bertz CT molecular complexity index is 3920. The van der Waals surface area contributed by atoms with Gasteiger partial charge in [0.1, 0.15) is 26.4 Å². The first-order valence-electron chi connectivity index (χ1n) is 40.9. The highest BCUT2D eigenvalue weighted by molar-refractivity contribution is 5.84. The minimum atomic E-state index is -7.34. The highest BCUT2D eigenvalue weighted by Crippen LogP contribution is 2.71. The van der Waals surface area contributed by atoms with Crippen LogP contribution in [-0.4, -0.2) is 284 Å². The fourth-order valence-electron chi connectivity index (χ4n) is 8.24. The van der Waals surface area contributed by atoms with Gasteiger partial charge in [-0.1, -0.05) is 55.4 Å². The summed E-state index contributed by atoms with van der Waals surface area (Å²) in [6.07, 6.45) is -0.566. The minimum absolute atomic E-state index is 0.112. The molecule has 2 fully saturated rings. The minimum Gasteiger partial charge on any atom is -0.465 e. The standard InChI is InChI=1S/C16H17F11O4.C14H13F11O4.C14H22F2O6.C13H20F2O6.C12H20O6.C11H18O6/c1-4-10(2,3)9(29)30-6-5-8(28)31-7-11(17)12(18,19)14(22,23)16(26,27)15(24,25)13(11,20)21;1-2-3-7(26)28-5-4-8(27)29-6-9(15)10(16,17)12(20,21)14(24,25)13(22,23)11(9,18)19;1-5-13(2,3)12(19)22-9-11(18)21-8-10(17)20-7-6-14(4,15)16;1-4-9(2)12(18)21-8-11(17)20-7-10(16)19-6-5-13(3,14)15;1-5-12(3,4)11(15)18-8-10(14)17-7-9(13)16-6-2;1-4-8(3)11(14)17-7-10(13)16-6-9(12)15-5-2/h4-7H2,1-3H3;2-6H2,1H3;5-9H2,1-4H3;9H,4-8H2,1-3H3;5-8H2,1-4H3;8H,4-7H2,1-3H3. The first kappa shape index (κ1) is 134. The molecule has 0 saturated heterocycles. The van der Waals surface area contributed by atoms with Gasteiger partial charge in [0.05, 0.1) is 67.3 Å². The Hall–Kier alpha value is -10.3. The molecule has 0 N–H and O–H groups in total. The molecule has 2 unspecified atom stereocenters. The molecule has 0 amide bonds. The third kappa shape index (κ3) is 39.1. The molecule has 138 heavy (non-hydrogen) atoms. The van der Waals surface area contributed by atoms with Crippen molar-refractivity contribution < 1.29 is 267 Å². The predicted octanol–water partition coefficient (Wildman–Crippen LogP) is 14.5. The summed E-state index contributed by atoms with van der Waals surface area (Å²) < 4.78 is 417. The van der Waals surface area contributed by atoms with Crippen molar-refractivity contribution in [2.75, 3.05) is 106 Å². The van der Waals surface area contributed by atoms with Crippen LogP contribution in [0.4, 0.5) is 114 Å². The van der Waals surface area contributed by atoms with Crippen LogP contribution in [0.15, 0.2) is 0 Å². The summed E-state index contributed by atoms with van der Waals surface area (Å²) in [5, 5.41) is 0. The average Bonchev–Trinajstić information content (AvgIpc) is 0.668. The Kier molecular flexibility index (Phi) is 54.6. The van der Waals surface area contributed by atoms with Crippen LogP contribution in [0, 0.1) is 28.1 Å². The van der Waals surface area contributed by atoms with Crippen LogP contribution in [0.1, 0.15) is 195 Å². The van der Waals surface area contributed by atoms with Gasteiger partial charge in [-0.25, -0.2) is 64.7 Å². The predicted molar refractivity (Wildman–Crippen MR) is 410 cm³/mol. The highest BCUT2D eigenvalue weighted by Gasteiger charge is 3.03. The molecular weight excluding hydrogens is 1970 g/mol. The van der Waals surface area contributed by atoms with E-state index in [0.29, 0.717) is 46.0 Å². The van der Waals surface area contributed by atoms with Crippen LogP contribution in [-0.2, 0) is 153 Å². The number of alkyl halides is 26. The third-order valence-electron chi connectivity index (χ3n) is 18.8. The first-order chi connectivity index (χ1) is 62.4. The Morgan fingerprint density at radius 2 is 0.442 bits per heavy atom. The summed E-state index contributed by atoms with van der Waals surface area (Å²) in [5.41, 5.74) is -15.2. The molecule has 2 aliphatic carbocycles. The summed E-state index contributed by atoms with van der Waals surface area (Å²) >= 11 is 0. The molecule has 32 nitrogen and oxygen atoms in total. The molecule has 2 saturated carbocycles. The molecule has 0 spiro atoms. The van der Waals surface area contributed by atoms with Crippen LogP contribution in [0.2, 0.25) is 0 Å². The number of esters is 16. The fourth-order valence-corrected chi connectivity index (χ4v) is 8.24. The van der Waals surface area contributed by atoms with Gasteiger partial charge in [0.2, 0.25) is 11.8 Å². The Morgan fingerprint density at radius 3 is 0.674 bits per heavy atom. The van der Waals surface area contributed by atoms with Gasteiger partial charge in [-0.3, -0.25) is 38.4 Å². The van der Waals surface area contributed by atoms with Crippen molar-refractivity contribution in [1.29, 1.82) is 0 Å². The molecule has 0 bridgehead atoms. The molecular formula is C80H110F26O32. The van der Waals surface area contributed by atoms with Crippen LogP contribution in [0.5, 0.6) is 0 Å². The van der Waals surface area contributed by atoms with Crippen LogP contribution in [0.25, 0.3) is 0 Å². The van der Waals surface area contributed by atoms with Crippen molar-refractivity contribution in [1.82, 2.24) is 0 Å². The zero-order valence-corrected chi connectivity index (χ0v) is 77.6. The number of rotatable bonds is 46. The molecule has 0 heterocycles.